The van der Waals surface area contributed by atoms with Crippen LogP contribution in [0.2, 0.25) is 0 Å². The van der Waals surface area contributed by atoms with E-state index in [0.29, 0.717) is 16.6 Å². The summed E-state index contributed by atoms with van der Waals surface area (Å²) in [5.74, 6) is 3.01. The molecule has 0 bridgehead atoms. The summed E-state index contributed by atoms with van der Waals surface area (Å²) >= 11 is 5.03. The van der Waals surface area contributed by atoms with Crippen molar-refractivity contribution >= 4 is 12.2 Å². The molecule has 4 heteroatoms. The molecule has 3 atom stereocenters. The summed E-state index contributed by atoms with van der Waals surface area (Å²) in [7, 11) is 0. The van der Waals surface area contributed by atoms with Crippen LogP contribution < -0.4 is 0 Å². The molecule has 0 radical (unpaired) electrons. The molecule has 0 spiro atoms. The van der Waals surface area contributed by atoms with Crippen LogP contribution in [-0.2, 0) is 6.42 Å². The lowest BCUT2D eigenvalue weighted by Gasteiger charge is -2.13. The van der Waals surface area contributed by atoms with Gasteiger partial charge in [-0.3, -0.25) is 10.2 Å². The number of nitrogens with zero attached hydrogens (tertiary/aromatic N) is 1. The molecule has 1 heterocycles. The summed E-state index contributed by atoms with van der Waals surface area (Å²) in [6, 6.07) is 8.81. The van der Waals surface area contributed by atoms with Gasteiger partial charge in [0.25, 0.3) is 0 Å². The first-order chi connectivity index (χ1) is 8.34. The van der Waals surface area contributed by atoms with Crippen molar-refractivity contribution in [1.29, 1.82) is 0 Å². The summed E-state index contributed by atoms with van der Waals surface area (Å²) in [6.45, 7) is 0. The van der Waals surface area contributed by atoms with Crippen molar-refractivity contribution in [3.63, 3.8) is 0 Å². The molecule has 2 aliphatic rings. The number of aryl methyl sites for hydroxylation is 1. The van der Waals surface area contributed by atoms with Gasteiger partial charge in [-0.05, 0) is 48.0 Å². The summed E-state index contributed by atoms with van der Waals surface area (Å²) in [5.41, 5.74) is 3.04. The van der Waals surface area contributed by atoms with Crippen molar-refractivity contribution in [3.05, 3.63) is 46.0 Å². The highest BCUT2D eigenvalue weighted by molar-refractivity contribution is 7.71. The fourth-order valence-corrected chi connectivity index (χ4v) is 3.53. The zero-order valence-corrected chi connectivity index (χ0v) is 10.1. The lowest BCUT2D eigenvalue weighted by atomic mass is 9.92. The first-order valence-corrected chi connectivity index (χ1v) is 6.48. The number of aromatic amines is 2. The Morgan fingerprint density at radius 3 is 2.88 bits per heavy atom. The number of hydrogen-bond donors (Lipinski definition) is 2. The van der Waals surface area contributed by atoms with Crippen LogP contribution >= 0.6 is 12.2 Å². The Morgan fingerprint density at radius 2 is 2.06 bits per heavy atom. The molecule has 17 heavy (non-hydrogen) atoms. The average Bonchev–Trinajstić information content (AvgIpc) is 2.96. The maximum atomic E-state index is 5.03. The maximum absolute atomic E-state index is 5.03. The van der Waals surface area contributed by atoms with Gasteiger partial charge in [0.1, 0.15) is 5.82 Å². The molecule has 86 valence electrons. The molecule has 4 rings (SSSR count). The number of fused-ring (bicyclic) bond motifs is 3. The highest BCUT2D eigenvalue weighted by Gasteiger charge is 2.55. The number of benzene rings is 1. The van der Waals surface area contributed by atoms with E-state index in [9.17, 15) is 0 Å². The highest BCUT2D eigenvalue weighted by Crippen LogP contribution is 2.64. The van der Waals surface area contributed by atoms with Crippen LogP contribution in [0.25, 0.3) is 0 Å². The molecule has 2 aliphatic carbocycles. The fourth-order valence-electron chi connectivity index (χ4n) is 3.38. The molecule has 3 nitrogen and oxygen atoms in total. The van der Waals surface area contributed by atoms with E-state index in [2.05, 4.69) is 39.4 Å². The van der Waals surface area contributed by atoms with Gasteiger partial charge in [-0.15, -0.1) is 0 Å². The van der Waals surface area contributed by atoms with Gasteiger partial charge in [0.2, 0.25) is 4.77 Å². The third-order valence-electron chi connectivity index (χ3n) is 4.17. The molecule has 0 aliphatic heterocycles. The van der Waals surface area contributed by atoms with Gasteiger partial charge in [0, 0.05) is 5.92 Å². The average molecular weight is 243 g/mol. The first-order valence-electron chi connectivity index (χ1n) is 6.07. The Kier molecular flexibility index (Phi) is 1.86. The van der Waals surface area contributed by atoms with Gasteiger partial charge in [-0.25, -0.2) is 4.98 Å². The third kappa shape index (κ3) is 1.33. The Labute approximate surface area is 104 Å². The van der Waals surface area contributed by atoms with Gasteiger partial charge < -0.3 is 0 Å². The molecule has 3 unspecified atom stereocenters. The summed E-state index contributed by atoms with van der Waals surface area (Å²) in [4.78, 5) is 4.37. The monoisotopic (exact) mass is 243 g/mol. The van der Waals surface area contributed by atoms with Crippen molar-refractivity contribution < 1.29 is 0 Å². The van der Waals surface area contributed by atoms with Gasteiger partial charge >= 0.3 is 0 Å². The third-order valence-corrected chi connectivity index (χ3v) is 4.36. The smallest absolute Gasteiger partial charge is 0.213 e. The summed E-state index contributed by atoms with van der Waals surface area (Å²) < 4.78 is 0.567. The second kappa shape index (κ2) is 3.29. The Bertz CT molecular complexity index is 627. The van der Waals surface area contributed by atoms with Crippen LogP contribution in [0.1, 0.15) is 35.2 Å². The van der Waals surface area contributed by atoms with E-state index >= 15 is 0 Å². The maximum Gasteiger partial charge on any atom is 0.213 e. The zero-order valence-electron chi connectivity index (χ0n) is 9.31. The largest absolute Gasteiger partial charge is 0.285 e. The molecule has 0 saturated heterocycles. The molecule has 2 aromatic rings. The second-order valence-corrected chi connectivity index (χ2v) is 5.39. The summed E-state index contributed by atoms with van der Waals surface area (Å²) in [5, 5.41) is 6.02. The Balaban J connectivity index is 1.75. The molecule has 1 fully saturated rings. The SMILES string of the molecule is S=c1nc(C2C3CCc4ccccc4C32)[nH][nH]1. The lowest BCUT2D eigenvalue weighted by molar-refractivity contribution is 0.654. The van der Waals surface area contributed by atoms with E-state index < -0.39 is 0 Å². The fraction of sp³-hybridized carbons (Fsp3) is 0.385. The van der Waals surface area contributed by atoms with E-state index in [-0.39, 0.29) is 0 Å². The van der Waals surface area contributed by atoms with Crippen molar-refractivity contribution in [3.8, 4) is 0 Å². The minimum absolute atomic E-state index is 0.548. The highest BCUT2D eigenvalue weighted by atomic mass is 32.1. The minimum Gasteiger partial charge on any atom is -0.285 e. The van der Waals surface area contributed by atoms with Crippen molar-refractivity contribution in [2.24, 2.45) is 5.92 Å². The standard InChI is InChI=1S/C13H13N3S/c17-13-14-12(15-16-13)11-9-6-5-7-3-1-2-4-8(7)10(9)11/h1-4,9-11H,5-6H2,(H2,14,15,16,17). The number of H-pyrrole nitrogens is 2. The molecule has 1 aromatic heterocycles. The van der Waals surface area contributed by atoms with Crippen LogP contribution in [0.3, 0.4) is 0 Å². The number of nitrogens with one attached hydrogen (secondary N) is 2. The van der Waals surface area contributed by atoms with Crippen LogP contribution in [0.4, 0.5) is 0 Å². The van der Waals surface area contributed by atoms with Crippen LogP contribution in [0.15, 0.2) is 24.3 Å². The molecule has 1 saturated carbocycles. The molecule has 1 aromatic carbocycles. The second-order valence-electron chi connectivity index (χ2n) is 5.01. The van der Waals surface area contributed by atoms with E-state index in [1.807, 2.05) is 0 Å². The summed E-state index contributed by atoms with van der Waals surface area (Å²) in [6.07, 6.45) is 2.48. The van der Waals surface area contributed by atoms with E-state index in [1.165, 1.54) is 24.0 Å². The van der Waals surface area contributed by atoms with Gasteiger partial charge in [0.05, 0.1) is 0 Å². The predicted octanol–water partition coefficient (Wildman–Crippen LogP) is 2.91. The van der Waals surface area contributed by atoms with Gasteiger partial charge in [0.15, 0.2) is 0 Å². The predicted molar refractivity (Wildman–Crippen MR) is 67.5 cm³/mol. The van der Waals surface area contributed by atoms with Gasteiger partial charge in [-0.1, -0.05) is 24.3 Å². The Hall–Kier alpha value is -1.42. The van der Waals surface area contributed by atoms with Crippen LogP contribution in [0, 0.1) is 10.7 Å². The lowest BCUT2D eigenvalue weighted by Crippen LogP contribution is -2.00. The number of aromatic nitrogens is 3. The van der Waals surface area contributed by atoms with Crippen molar-refractivity contribution in [2.75, 3.05) is 0 Å². The van der Waals surface area contributed by atoms with Crippen molar-refractivity contribution in [2.45, 2.75) is 24.7 Å². The quantitative estimate of drug-likeness (QED) is 0.756. The van der Waals surface area contributed by atoms with E-state index in [0.717, 1.165) is 11.7 Å². The first kappa shape index (κ1) is 9.59. The molecular weight excluding hydrogens is 230 g/mol. The van der Waals surface area contributed by atoms with Gasteiger partial charge in [-0.2, -0.15) is 0 Å². The molecule has 2 N–H and O–H groups in total. The van der Waals surface area contributed by atoms with E-state index in [1.54, 1.807) is 0 Å². The molecule has 0 amide bonds. The molecular formula is C13H13N3S. The van der Waals surface area contributed by atoms with Crippen LogP contribution in [-0.4, -0.2) is 15.2 Å². The van der Waals surface area contributed by atoms with Crippen molar-refractivity contribution in [1.82, 2.24) is 15.2 Å². The number of hydrogen-bond acceptors (Lipinski definition) is 2. The zero-order chi connectivity index (χ0) is 11.4. The Morgan fingerprint density at radius 1 is 1.18 bits per heavy atom. The number of rotatable bonds is 1. The van der Waals surface area contributed by atoms with Crippen LogP contribution in [0.5, 0.6) is 0 Å². The topological polar surface area (TPSA) is 44.5 Å². The normalized spacial score (nSPS) is 29.5. The van der Waals surface area contributed by atoms with E-state index in [4.69, 9.17) is 12.2 Å². The minimum atomic E-state index is 0.548.